The van der Waals surface area contributed by atoms with Crippen LogP contribution in [0.1, 0.15) is 35.7 Å². The van der Waals surface area contributed by atoms with Crippen LogP contribution in [0.3, 0.4) is 0 Å². The van der Waals surface area contributed by atoms with Gasteiger partial charge in [0.15, 0.2) is 0 Å². The number of anilines is 1. The minimum Gasteiger partial charge on any atom is -0.324 e. The van der Waals surface area contributed by atoms with Crippen LogP contribution in [-0.2, 0) is 4.79 Å². The number of nitrogens with zero attached hydrogens (tertiary/aromatic N) is 1. The van der Waals surface area contributed by atoms with Crippen molar-refractivity contribution in [2.45, 2.75) is 25.8 Å². The summed E-state index contributed by atoms with van der Waals surface area (Å²) in [6.07, 6.45) is 0. The first-order valence-electron chi connectivity index (χ1n) is 8.41. The first-order valence-corrected chi connectivity index (χ1v) is 9.56. The van der Waals surface area contributed by atoms with Crippen LogP contribution in [0.15, 0.2) is 54.6 Å². The summed E-state index contributed by atoms with van der Waals surface area (Å²) >= 11 is 1.60. The summed E-state index contributed by atoms with van der Waals surface area (Å²) in [5.41, 5.74) is 2.61. The fourth-order valence-electron chi connectivity index (χ4n) is 2.78. The predicted molar refractivity (Wildman–Crippen MR) is 103 cm³/mol. The summed E-state index contributed by atoms with van der Waals surface area (Å²) in [4.78, 5) is 27.0. The van der Waals surface area contributed by atoms with Gasteiger partial charge in [0.05, 0.1) is 5.88 Å². The molecule has 1 aliphatic heterocycles. The van der Waals surface area contributed by atoms with E-state index in [2.05, 4.69) is 19.2 Å². The Morgan fingerprint density at radius 3 is 2.40 bits per heavy atom. The molecule has 2 amide bonds. The molecular formula is C20H22N2O2S. The van der Waals surface area contributed by atoms with Crippen molar-refractivity contribution in [2.24, 2.45) is 0 Å². The normalized spacial score (nSPS) is 16.9. The molecule has 2 aromatic rings. The molecule has 1 atom stereocenters. The second-order valence-electron chi connectivity index (χ2n) is 6.42. The van der Waals surface area contributed by atoms with Gasteiger partial charge >= 0.3 is 0 Å². The number of benzene rings is 2. The van der Waals surface area contributed by atoms with Crippen molar-refractivity contribution >= 4 is 29.3 Å². The fourth-order valence-corrected chi connectivity index (χ4v) is 3.94. The van der Waals surface area contributed by atoms with Crippen LogP contribution in [0.5, 0.6) is 0 Å². The Hall–Kier alpha value is -2.27. The summed E-state index contributed by atoms with van der Waals surface area (Å²) < 4.78 is 0. The number of hydrogen-bond acceptors (Lipinski definition) is 3. The SMILES string of the molecule is CC(C)c1ccc(NC(=O)C2CSCN2C(=O)c2ccccc2)cc1. The van der Waals surface area contributed by atoms with E-state index >= 15 is 0 Å². The van der Waals surface area contributed by atoms with Gasteiger partial charge in [0, 0.05) is 17.0 Å². The second-order valence-corrected chi connectivity index (χ2v) is 7.42. The molecule has 5 heteroatoms. The topological polar surface area (TPSA) is 49.4 Å². The zero-order valence-electron chi connectivity index (χ0n) is 14.4. The highest BCUT2D eigenvalue weighted by molar-refractivity contribution is 7.99. The van der Waals surface area contributed by atoms with Crippen molar-refractivity contribution < 1.29 is 9.59 Å². The molecule has 1 saturated heterocycles. The maximum atomic E-state index is 12.7. The Kier molecular flexibility index (Phi) is 5.43. The molecule has 0 aromatic heterocycles. The van der Waals surface area contributed by atoms with E-state index in [9.17, 15) is 9.59 Å². The monoisotopic (exact) mass is 354 g/mol. The molecule has 1 N–H and O–H groups in total. The van der Waals surface area contributed by atoms with Gasteiger partial charge in [-0.1, -0.05) is 44.2 Å². The molecule has 25 heavy (non-hydrogen) atoms. The van der Waals surface area contributed by atoms with Crippen LogP contribution in [0, 0.1) is 0 Å². The Morgan fingerprint density at radius 1 is 1.08 bits per heavy atom. The van der Waals surface area contributed by atoms with Crippen molar-refractivity contribution in [1.82, 2.24) is 4.90 Å². The van der Waals surface area contributed by atoms with Crippen LogP contribution in [0.4, 0.5) is 5.69 Å². The maximum Gasteiger partial charge on any atom is 0.255 e. The standard InChI is InChI=1S/C20H22N2O2S/c1-14(2)15-8-10-17(11-9-15)21-19(23)18-12-25-13-22(18)20(24)16-6-4-3-5-7-16/h3-11,14,18H,12-13H2,1-2H3,(H,21,23). The third kappa shape index (κ3) is 4.04. The Morgan fingerprint density at radius 2 is 1.76 bits per heavy atom. The molecule has 1 heterocycles. The number of nitrogens with one attached hydrogen (secondary N) is 1. The van der Waals surface area contributed by atoms with Crippen molar-refractivity contribution in [3.8, 4) is 0 Å². The largest absolute Gasteiger partial charge is 0.324 e. The van der Waals surface area contributed by atoms with Crippen LogP contribution in [0.25, 0.3) is 0 Å². The number of amides is 2. The highest BCUT2D eigenvalue weighted by Crippen LogP contribution is 2.25. The average Bonchev–Trinajstić information content (AvgIpc) is 3.12. The van der Waals surface area contributed by atoms with Gasteiger partial charge in [-0.05, 0) is 35.7 Å². The van der Waals surface area contributed by atoms with Crippen molar-refractivity contribution in [1.29, 1.82) is 0 Å². The summed E-state index contributed by atoms with van der Waals surface area (Å²) in [5.74, 6) is 1.38. The van der Waals surface area contributed by atoms with E-state index in [1.807, 2.05) is 42.5 Å². The van der Waals surface area contributed by atoms with E-state index in [1.54, 1.807) is 28.8 Å². The minimum atomic E-state index is -0.442. The Bertz CT molecular complexity index is 744. The zero-order chi connectivity index (χ0) is 17.8. The summed E-state index contributed by atoms with van der Waals surface area (Å²) in [6, 6.07) is 16.5. The van der Waals surface area contributed by atoms with E-state index in [0.717, 1.165) is 5.69 Å². The van der Waals surface area contributed by atoms with Gasteiger partial charge in [0.2, 0.25) is 5.91 Å². The average molecular weight is 354 g/mol. The lowest BCUT2D eigenvalue weighted by Crippen LogP contribution is -2.44. The molecule has 0 bridgehead atoms. The predicted octanol–water partition coefficient (Wildman–Crippen LogP) is 3.96. The number of carbonyl (C=O) groups is 2. The van der Waals surface area contributed by atoms with Crippen molar-refractivity contribution in [3.05, 3.63) is 65.7 Å². The van der Waals surface area contributed by atoms with Gasteiger partial charge in [0.25, 0.3) is 5.91 Å². The maximum absolute atomic E-state index is 12.7. The first kappa shape index (κ1) is 17.5. The lowest BCUT2D eigenvalue weighted by Gasteiger charge is -2.23. The van der Waals surface area contributed by atoms with Crippen LogP contribution in [-0.4, -0.2) is 34.4 Å². The molecule has 0 aliphatic carbocycles. The molecule has 130 valence electrons. The van der Waals surface area contributed by atoms with Gasteiger partial charge in [-0.3, -0.25) is 9.59 Å². The molecule has 1 fully saturated rings. The molecule has 3 rings (SSSR count). The fraction of sp³-hybridized carbons (Fsp3) is 0.300. The van der Waals surface area contributed by atoms with E-state index in [4.69, 9.17) is 0 Å². The molecule has 0 spiro atoms. The van der Waals surface area contributed by atoms with Gasteiger partial charge in [-0.25, -0.2) is 0 Å². The minimum absolute atomic E-state index is 0.0964. The smallest absolute Gasteiger partial charge is 0.255 e. The zero-order valence-corrected chi connectivity index (χ0v) is 15.3. The van der Waals surface area contributed by atoms with Crippen molar-refractivity contribution in [2.75, 3.05) is 16.9 Å². The Balaban J connectivity index is 1.69. The van der Waals surface area contributed by atoms with Crippen LogP contribution < -0.4 is 5.32 Å². The van der Waals surface area contributed by atoms with E-state index in [0.29, 0.717) is 23.1 Å². The van der Waals surface area contributed by atoms with Gasteiger partial charge in [-0.2, -0.15) is 0 Å². The number of hydrogen-bond donors (Lipinski definition) is 1. The number of thioether (sulfide) groups is 1. The van der Waals surface area contributed by atoms with Crippen LogP contribution >= 0.6 is 11.8 Å². The van der Waals surface area contributed by atoms with Gasteiger partial charge in [-0.15, -0.1) is 11.8 Å². The highest BCUT2D eigenvalue weighted by atomic mass is 32.2. The van der Waals surface area contributed by atoms with E-state index < -0.39 is 6.04 Å². The summed E-state index contributed by atoms with van der Waals surface area (Å²) in [6.45, 7) is 4.27. The molecule has 0 saturated carbocycles. The van der Waals surface area contributed by atoms with E-state index in [-0.39, 0.29) is 11.8 Å². The third-order valence-corrected chi connectivity index (χ3v) is 5.32. The third-order valence-electron chi connectivity index (χ3n) is 4.31. The Labute approximate surface area is 152 Å². The van der Waals surface area contributed by atoms with Gasteiger partial charge in [0.1, 0.15) is 6.04 Å². The molecular weight excluding hydrogens is 332 g/mol. The number of rotatable bonds is 4. The molecule has 0 radical (unpaired) electrons. The first-order chi connectivity index (χ1) is 12.1. The van der Waals surface area contributed by atoms with Gasteiger partial charge < -0.3 is 10.2 Å². The molecule has 4 nitrogen and oxygen atoms in total. The van der Waals surface area contributed by atoms with Crippen LogP contribution in [0.2, 0.25) is 0 Å². The summed E-state index contributed by atoms with van der Waals surface area (Å²) in [7, 11) is 0. The second kappa shape index (κ2) is 7.74. The lowest BCUT2D eigenvalue weighted by molar-refractivity contribution is -0.119. The molecule has 1 aliphatic rings. The molecule has 2 aromatic carbocycles. The molecule has 1 unspecified atom stereocenters. The lowest BCUT2D eigenvalue weighted by atomic mass is 10.0. The quantitative estimate of drug-likeness (QED) is 0.904. The summed E-state index contributed by atoms with van der Waals surface area (Å²) in [5, 5.41) is 2.94. The highest BCUT2D eigenvalue weighted by Gasteiger charge is 2.35. The number of carbonyl (C=O) groups excluding carboxylic acids is 2. The van der Waals surface area contributed by atoms with E-state index in [1.165, 1.54) is 5.56 Å². The van der Waals surface area contributed by atoms with Crippen molar-refractivity contribution in [3.63, 3.8) is 0 Å².